The molecule has 33 heavy (non-hydrogen) atoms. The van der Waals surface area contributed by atoms with Crippen molar-refractivity contribution < 1.29 is 14.6 Å². The van der Waals surface area contributed by atoms with Gasteiger partial charge in [-0.2, -0.15) is 0 Å². The van der Waals surface area contributed by atoms with Crippen LogP contribution in [0.1, 0.15) is 30.7 Å². The summed E-state index contributed by atoms with van der Waals surface area (Å²) >= 11 is 0. The summed E-state index contributed by atoms with van der Waals surface area (Å²) in [4.78, 5) is 13.9. The average Bonchev–Trinajstić information content (AvgIpc) is 3.18. The number of fused-ring (bicyclic) bond motifs is 3. The zero-order chi connectivity index (χ0) is 22.7. The van der Waals surface area contributed by atoms with E-state index in [1.807, 2.05) is 30.3 Å². The second-order valence-electron chi connectivity index (χ2n) is 8.66. The van der Waals surface area contributed by atoms with E-state index in [0.29, 0.717) is 63.6 Å². The third kappa shape index (κ3) is 4.68. The first kappa shape index (κ1) is 21.8. The molecule has 3 aromatic heterocycles. The van der Waals surface area contributed by atoms with Gasteiger partial charge in [-0.05, 0) is 24.1 Å². The van der Waals surface area contributed by atoms with E-state index in [0.717, 1.165) is 34.4 Å². The molecule has 1 aliphatic rings. The zero-order valence-corrected chi connectivity index (χ0v) is 18.6. The number of nitrogen functional groups attached to an aromatic ring is 1. The van der Waals surface area contributed by atoms with Crippen LogP contribution in [0.15, 0.2) is 48.7 Å². The molecule has 0 radical (unpaired) electrons. The molecule has 3 N–H and O–H groups in total. The topological polar surface area (TPSA) is 108 Å². The molecule has 0 amide bonds. The van der Waals surface area contributed by atoms with Crippen LogP contribution < -0.4 is 5.73 Å². The van der Waals surface area contributed by atoms with Crippen LogP contribution in [0, 0.1) is 0 Å². The standard InChI is InChI=1S/C25H29N5O3/c26-24-22-23(21-19(28-24)8-4-12-27-21)30(17-25(31)10-14-32-15-11-25)20(29-22)9-5-13-33-16-18-6-2-1-3-7-18/h1-4,6-8,12,31H,5,9-11,13-17H2,(H2,26,28). The number of pyridine rings is 2. The molecule has 4 aromatic rings. The van der Waals surface area contributed by atoms with E-state index in [1.165, 1.54) is 0 Å². The van der Waals surface area contributed by atoms with Gasteiger partial charge in [0.2, 0.25) is 0 Å². The molecule has 8 heteroatoms. The Bertz CT molecular complexity index is 1240. The molecule has 8 nitrogen and oxygen atoms in total. The maximum Gasteiger partial charge on any atom is 0.152 e. The number of nitrogens with two attached hydrogens (primary N) is 1. The Hall–Kier alpha value is -3.07. The number of aryl methyl sites for hydroxylation is 1. The predicted molar refractivity (Wildman–Crippen MR) is 127 cm³/mol. The first-order valence-electron chi connectivity index (χ1n) is 11.4. The Labute approximate surface area is 192 Å². The van der Waals surface area contributed by atoms with E-state index in [4.69, 9.17) is 20.2 Å². The van der Waals surface area contributed by atoms with E-state index in [9.17, 15) is 5.11 Å². The lowest BCUT2D eigenvalue weighted by atomic mass is 9.94. The quantitative estimate of drug-likeness (QED) is 0.399. The number of rotatable bonds is 8. The minimum absolute atomic E-state index is 0.379. The molecule has 0 aliphatic carbocycles. The molecule has 0 saturated carbocycles. The van der Waals surface area contributed by atoms with Crippen molar-refractivity contribution in [3.8, 4) is 0 Å². The van der Waals surface area contributed by atoms with E-state index in [1.54, 1.807) is 6.20 Å². The summed E-state index contributed by atoms with van der Waals surface area (Å²) < 4.78 is 13.4. The van der Waals surface area contributed by atoms with E-state index < -0.39 is 5.60 Å². The van der Waals surface area contributed by atoms with Crippen LogP contribution in [0.2, 0.25) is 0 Å². The van der Waals surface area contributed by atoms with Crippen molar-refractivity contribution in [1.82, 2.24) is 19.5 Å². The summed E-state index contributed by atoms with van der Waals surface area (Å²) in [7, 11) is 0. The van der Waals surface area contributed by atoms with Crippen molar-refractivity contribution in [3.63, 3.8) is 0 Å². The Morgan fingerprint density at radius 3 is 2.70 bits per heavy atom. The molecule has 0 atom stereocenters. The molecule has 4 heterocycles. The first-order chi connectivity index (χ1) is 16.1. The van der Waals surface area contributed by atoms with Crippen molar-refractivity contribution in [2.45, 2.75) is 44.4 Å². The Morgan fingerprint density at radius 1 is 1.06 bits per heavy atom. The number of hydrogen-bond donors (Lipinski definition) is 2. The van der Waals surface area contributed by atoms with Gasteiger partial charge in [-0.1, -0.05) is 30.3 Å². The number of hydrogen-bond acceptors (Lipinski definition) is 7. The third-order valence-electron chi connectivity index (χ3n) is 6.22. The first-order valence-corrected chi connectivity index (χ1v) is 11.4. The Kier molecular flexibility index (Phi) is 6.22. The number of aromatic nitrogens is 4. The second kappa shape index (κ2) is 9.43. The van der Waals surface area contributed by atoms with Crippen LogP contribution >= 0.6 is 0 Å². The van der Waals surface area contributed by atoms with Gasteiger partial charge in [0.05, 0.1) is 24.3 Å². The number of ether oxygens (including phenoxy) is 2. The molecule has 1 aliphatic heterocycles. The van der Waals surface area contributed by atoms with Gasteiger partial charge in [-0.3, -0.25) is 4.98 Å². The van der Waals surface area contributed by atoms with Crippen molar-refractivity contribution in [3.05, 3.63) is 60.0 Å². The largest absolute Gasteiger partial charge is 0.388 e. The van der Waals surface area contributed by atoms with E-state index >= 15 is 0 Å². The van der Waals surface area contributed by atoms with Crippen molar-refractivity contribution >= 4 is 27.9 Å². The number of nitrogens with zero attached hydrogens (tertiary/aromatic N) is 4. The highest BCUT2D eigenvalue weighted by Crippen LogP contribution is 2.31. The summed E-state index contributed by atoms with van der Waals surface area (Å²) in [5, 5.41) is 11.3. The number of benzene rings is 1. The van der Waals surface area contributed by atoms with Gasteiger partial charge in [0.15, 0.2) is 5.82 Å². The van der Waals surface area contributed by atoms with Crippen LogP contribution in [0.25, 0.3) is 22.1 Å². The number of anilines is 1. The van der Waals surface area contributed by atoms with Crippen LogP contribution in [0.5, 0.6) is 0 Å². The fraction of sp³-hybridized carbons (Fsp3) is 0.400. The predicted octanol–water partition coefficient (Wildman–Crippen LogP) is 3.25. The van der Waals surface area contributed by atoms with Gasteiger partial charge in [0, 0.05) is 45.3 Å². The highest BCUT2D eigenvalue weighted by atomic mass is 16.5. The SMILES string of the molecule is Nc1nc2cccnc2c2c1nc(CCCOCc1ccccc1)n2CC1(O)CCOCC1. The van der Waals surface area contributed by atoms with Crippen LogP contribution in [-0.2, 0) is 29.0 Å². The summed E-state index contributed by atoms with van der Waals surface area (Å²) in [6, 6.07) is 13.9. The molecule has 1 aromatic carbocycles. The molecule has 1 fully saturated rings. The molecule has 5 rings (SSSR count). The van der Waals surface area contributed by atoms with Crippen molar-refractivity contribution in [2.75, 3.05) is 25.6 Å². The minimum Gasteiger partial charge on any atom is -0.388 e. The highest BCUT2D eigenvalue weighted by Gasteiger charge is 2.32. The second-order valence-corrected chi connectivity index (χ2v) is 8.66. The minimum atomic E-state index is -0.858. The van der Waals surface area contributed by atoms with Crippen molar-refractivity contribution in [2.24, 2.45) is 0 Å². The molecular weight excluding hydrogens is 418 g/mol. The number of aliphatic hydroxyl groups is 1. The summed E-state index contributed by atoms with van der Waals surface area (Å²) in [5.41, 5.74) is 9.52. The lowest BCUT2D eigenvalue weighted by molar-refractivity contribution is -0.0725. The van der Waals surface area contributed by atoms with Crippen LogP contribution in [-0.4, -0.2) is 50.0 Å². The fourth-order valence-electron chi connectivity index (χ4n) is 4.43. The van der Waals surface area contributed by atoms with Gasteiger partial charge in [0.1, 0.15) is 22.4 Å². The maximum atomic E-state index is 11.3. The lowest BCUT2D eigenvalue weighted by Gasteiger charge is -2.33. The normalized spacial score (nSPS) is 15.9. The maximum absolute atomic E-state index is 11.3. The molecule has 0 unspecified atom stereocenters. The molecule has 0 spiro atoms. The molecular formula is C25H29N5O3. The van der Waals surface area contributed by atoms with Gasteiger partial charge < -0.3 is 24.9 Å². The number of imidazole rings is 1. The molecule has 172 valence electrons. The monoisotopic (exact) mass is 447 g/mol. The lowest BCUT2D eigenvalue weighted by Crippen LogP contribution is -2.40. The van der Waals surface area contributed by atoms with Gasteiger partial charge >= 0.3 is 0 Å². The smallest absolute Gasteiger partial charge is 0.152 e. The van der Waals surface area contributed by atoms with Gasteiger partial charge in [-0.25, -0.2) is 9.97 Å². The third-order valence-corrected chi connectivity index (χ3v) is 6.22. The van der Waals surface area contributed by atoms with Crippen LogP contribution in [0.4, 0.5) is 5.82 Å². The van der Waals surface area contributed by atoms with Gasteiger partial charge in [-0.15, -0.1) is 0 Å². The van der Waals surface area contributed by atoms with E-state index in [-0.39, 0.29) is 0 Å². The summed E-state index contributed by atoms with van der Waals surface area (Å²) in [5.74, 6) is 1.24. The van der Waals surface area contributed by atoms with E-state index in [2.05, 4.69) is 26.7 Å². The Balaban J connectivity index is 1.42. The average molecular weight is 448 g/mol. The van der Waals surface area contributed by atoms with Crippen molar-refractivity contribution in [1.29, 1.82) is 0 Å². The summed E-state index contributed by atoms with van der Waals surface area (Å²) in [6.45, 7) is 2.72. The van der Waals surface area contributed by atoms with Crippen LogP contribution in [0.3, 0.4) is 0 Å². The zero-order valence-electron chi connectivity index (χ0n) is 18.6. The highest BCUT2D eigenvalue weighted by molar-refractivity contribution is 6.04. The molecule has 1 saturated heterocycles. The summed E-state index contributed by atoms with van der Waals surface area (Å²) in [6.07, 6.45) is 4.41. The molecule has 0 bridgehead atoms. The van der Waals surface area contributed by atoms with Gasteiger partial charge in [0.25, 0.3) is 0 Å². The Morgan fingerprint density at radius 2 is 1.88 bits per heavy atom. The fourth-order valence-corrected chi connectivity index (χ4v) is 4.43.